The molecule has 0 radical (unpaired) electrons. The predicted octanol–water partition coefficient (Wildman–Crippen LogP) is 0.708. The van der Waals surface area contributed by atoms with Gasteiger partial charge in [-0.25, -0.2) is 0 Å². The zero-order valence-electron chi connectivity index (χ0n) is 3.83. The van der Waals surface area contributed by atoms with Crippen LogP contribution in [0.4, 0.5) is 0 Å². The summed E-state index contributed by atoms with van der Waals surface area (Å²) in [5.74, 6) is 0. The zero-order valence-corrected chi connectivity index (χ0v) is 5.54. The second-order valence-corrected chi connectivity index (χ2v) is 1.84. The van der Waals surface area contributed by atoms with E-state index < -0.39 is 0 Å². The van der Waals surface area contributed by atoms with Crippen molar-refractivity contribution >= 4 is 19.4 Å². The molecule has 0 amide bonds. The Bertz CT molecular complexity index is 50.2. The minimum Gasteiger partial charge on any atom is -0.396 e. The molecule has 1 N–H and O–H groups in total. The van der Waals surface area contributed by atoms with Gasteiger partial charge in [-0.2, -0.15) is 0 Å². The summed E-state index contributed by atoms with van der Waals surface area (Å²) in [5, 5.41) is 8.18. The van der Waals surface area contributed by atoms with Gasteiger partial charge >= 0.3 is 0 Å². The van der Waals surface area contributed by atoms with Crippen molar-refractivity contribution in [2.45, 2.75) is 6.42 Å². The summed E-state index contributed by atoms with van der Waals surface area (Å²) in [5.41, 5.74) is 0. The highest BCUT2D eigenvalue weighted by Gasteiger charge is 1.79. The van der Waals surface area contributed by atoms with E-state index >= 15 is 0 Å². The summed E-state index contributed by atoms with van der Waals surface area (Å²) < 4.78 is 4.70. The van der Waals surface area contributed by atoms with E-state index in [1.807, 2.05) is 0 Å². The first-order chi connectivity index (χ1) is 3.41. The van der Waals surface area contributed by atoms with Gasteiger partial charge in [0, 0.05) is 6.61 Å². The van der Waals surface area contributed by atoms with Crippen LogP contribution in [0.5, 0.6) is 0 Å². The molecule has 0 bridgehead atoms. The Labute approximate surface area is 49.4 Å². The fraction of sp³-hybridized carbons (Fsp3) is 1.00. The van der Waals surface area contributed by atoms with Crippen LogP contribution in [0.1, 0.15) is 6.42 Å². The molecule has 0 aliphatic rings. The minimum atomic E-state index is 0.185. The van der Waals surface area contributed by atoms with Crippen LogP contribution >= 0.6 is 7.58 Å². The molecule has 0 aromatic carbocycles. The van der Waals surface area contributed by atoms with E-state index in [9.17, 15) is 0 Å². The van der Waals surface area contributed by atoms with E-state index in [0.717, 1.165) is 0 Å². The molecular weight excluding hydrogens is 131 g/mol. The Morgan fingerprint density at radius 2 is 2.43 bits per heavy atom. The van der Waals surface area contributed by atoms with Crippen molar-refractivity contribution in [1.29, 1.82) is 0 Å². The Kier molecular flexibility index (Phi) is 6.84. The van der Waals surface area contributed by atoms with Crippen molar-refractivity contribution in [3.8, 4) is 0 Å². The van der Waals surface area contributed by atoms with Crippen molar-refractivity contribution in [3.63, 3.8) is 0 Å². The Balaban J connectivity index is 2.56. The topological polar surface area (TPSA) is 29.5 Å². The van der Waals surface area contributed by atoms with Crippen LogP contribution in [0.15, 0.2) is 0 Å². The van der Waals surface area contributed by atoms with E-state index in [0.29, 0.717) is 20.6 Å². The molecule has 0 spiro atoms. The molecule has 0 saturated carbocycles. The fourth-order valence-corrected chi connectivity index (χ4v) is 0.594. The van der Waals surface area contributed by atoms with Crippen molar-refractivity contribution in [2.75, 3.05) is 13.2 Å². The van der Waals surface area contributed by atoms with Crippen LogP contribution < -0.4 is 0 Å². The molecule has 4 heteroatoms. The smallest absolute Gasteiger partial charge is 0.136 e. The maximum absolute atomic E-state index is 8.18. The van der Waals surface area contributed by atoms with Gasteiger partial charge in [-0.1, -0.05) is 0 Å². The van der Waals surface area contributed by atoms with Gasteiger partial charge in [0.2, 0.25) is 0 Å². The molecule has 0 aromatic rings. The lowest BCUT2D eigenvalue weighted by molar-refractivity contribution is 0.249. The zero-order chi connectivity index (χ0) is 5.54. The summed E-state index contributed by atoms with van der Waals surface area (Å²) in [4.78, 5) is 0. The average molecular weight is 138 g/mol. The molecule has 7 heavy (non-hydrogen) atoms. The Hall–Kier alpha value is 0.440. The summed E-state index contributed by atoms with van der Waals surface area (Å²) in [6.45, 7) is 0.756. The molecule has 0 aromatic heterocycles. The largest absolute Gasteiger partial charge is 0.396 e. The predicted molar refractivity (Wildman–Crippen MR) is 31.9 cm³/mol. The van der Waals surface area contributed by atoms with Gasteiger partial charge in [0.25, 0.3) is 0 Å². The van der Waals surface area contributed by atoms with E-state index in [1.165, 1.54) is 0 Å². The number of aliphatic hydroxyl groups excluding tert-OH is 1. The first kappa shape index (κ1) is 7.44. The van der Waals surface area contributed by atoms with Crippen molar-refractivity contribution in [1.82, 2.24) is 0 Å². The standard InChI is InChI=1S/C3H7O2PS/c4-2-1-3-5-6-7/h4H,1-3H2. The van der Waals surface area contributed by atoms with E-state index in [2.05, 4.69) is 11.8 Å². The third kappa shape index (κ3) is 6.44. The van der Waals surface area contributed by atoms with E-state index in [-0.39, 0.29) is 6.61 Å². The molecule has 0 aliphatic heterocycles. The Morgan fingerprint density at radius 1 is 1.71 bits per heavy atom. The lowest BCUT2D eigenvalue weighted by Gasteiger charge is -1.88. The van der Waals surface area contributed by atoms with Crippen molar-refractivity contribution < 1.29 is 9.63 Å². The first-order valence-corrected chi connectivity index (χ1v) is 3.80. The SMILES string of the molecule is OCCCOP=S. The third-order valence-corrected chi connectivity index (χ3v) is 1.05. The molecule has 0 fully saturated rings. The molecular formula is C3H7O2PS. The maximum Gasteiger partial charge on any atom is 0.136 e. The second-order valence-electron chi connectivity index (χ2n) is 0.985. The molecule has 0 saturated heterocycles. The van der Waals surface area contributed by atoms with Crippen LogP contribution in [0, 0.1) is 0 Å². The average Bonchev–Trinajstić information content (AvgIpc) is 1.69. The first-order valence-electron chi connectivity index (χ1n) is 1.97. The highest BCUT2D eigenvalue weighted by atomic mass is 32.4. The second kappa shape index (κ2) is 6.44. The highest BCUT2D eigenvalue weighted by molar-refractivity contribution is 7.94. The maximum atomic E-state index is 8.18. The third-order valence-electron chi connectivity index (χ3n) is 0.446. The molecule has 0 heterocycles. The van der Waals surface area contributed by atoms with Crippen LogP contribution in [0.2, 0.25) is 0 Å². The molecule has 2 nitrogen and oxygen atoms in total. The van der Waals surface area contributed by atoms with Crippen molar-refractivity contribution in [3.05, 3.63) is 0 Å². The van der Waals surface area contributed by atoms with Crippen LogP contribution in [-0.2, 0) is 16.3 Å². The summed E-state index contributed by atoms with van der Waals surface area (Å²) >= 11 is 4.43. The summed E-state index contributed by atoms with van der Waals surface area (Å²) in [7, 11) is 0.527. The van der Waals surface area contributed by atoms with Crippen LogP contribution in [0.25, 0.3) is 0 Å². The summed E-state index contributed by atoms with van der Waals surface area (Å²) in [6.07, 6.45) is 0.684. The monoisotopic (exact) mass is 138 g/mol. The lowest BCUT2D eigenvalue weighted by Crippen LogP contribution is -1.87. The van der Waals surface area contributed by atoms with Gasteiger partial charge in [0.15, 0.2) is 0 Å². The van der Waals surface area contributed by atoms with Crippen LogP contribution in [0.3, 0.4) is 0 Å². The van der Waals surface area contributed by atoms with E-state index in [4.69, 9.17) is 9.63 Å². The number of hydrogen-bond donors (Lipinski definition) is 1. The van der Waals surface area contributed by atoms with Gasteiger partial charge in [-0.15, -0.1) is 0 Å². The van der Waals surface area contributed by atoms with Gasteiger partial charge in [0.1, 0.15) is 7.58 Å². The van der Waals surface area contributed by atoms with E-state index in [1.54, 1.807) is 0 Å². The Morgan fingerprint density at radius 3 is 2.86 bits per heavy atom. The molecule has 0 atom stereocenters. The number of aliphatic hydroxyl groups is 1. The fourth-order valence-electron chi connectivity index (χ4n) is 0.166. The molecule has 42 valence electrons. The highest BCUT2D eigenvalue weighted by Crippen LogP contribution is 1.94. The quantitative estimate of drug-likeness (QED) is 0.458. The van der Waals surface area contributed by atoms with Crippen molar-refractivity contribution in [2.24, 2.45) is 0 Å². The lowest BCUT2D eigenvalue weighted by atomic mass is 10.5. The molecule has 0 aliphatic carbocycles. The summed E-state index contributed by atoms with van der Waals surface area (Å²) in [6, 6.07) is 0. The number of hydrogen-bond acceptors (Lipinski definition) is 3. The minimum absolute atomic E-state index is 0.185. The molecule has 0 unspecified atom stereocenters. The van der Waals surface area contributed by atoms with Gasteiger partial charge < -0.3 is 9.63 Å². The van der Waals surface area contributed by atoms with Crippen LogP contribution in [-0.4, -0.2) is 18.3 Å². The molecule has 0 rings (SSSR count). The van der Waals surface area contributed by atoms with Gasteiger partial charge in [-0.05, 0) is 18.2 Å². The normalized spacial score (nSPS) is 9.86. The number of rotatable bonds is 4. The van der Waals surface area contributed by atoms with Gasteiger partial charge in [-0.3, -0.25) is 0 Å². The van der Waals surface area contributed by atoms with Gasteiger partial charge in [0.05, 0.1) is 6.61 Å².